The molecule has 1 saturated heterocycles. The first-order chi connectivity index (χ1) is 8.48. The molecule has 0 aromatic rings. The summed E-state index contributed by atoms with van der Waals surface area (Å²) in [7, 11) is -3.00. The van der Waals surface area contributed by atoms with Crippen molar-refractivity contribution < 1.29 is 13.2 Å². The Kier molecular flexibility index (Phi) is 6.08. The van der Waals surface area contributed by atoms with Crippen LogP contribution in [0.4, 0.5) is 0 Å². The number of carbonyl (C=O) groups excluding carboxylic acids is 1. The van der Waals surface area contributed by atoms with Gasteiger partial charge in [-0.3, -0.25) is 4.79 Å². The maximum absolute atomic E-state index is 11.9. The van der Waals surface area contributed by atoms with E-state index in [0.717, 1.165) is 25.8 Å². The molecule has 1 heterocycles. The lowest BCUT2D eigenvalue weighted by Gasteiger charge is -2.28. The van der Waals surface area contributed by atoms with Crippen molar-refractivity contribution in [2.24, 2.45) is 5.92 Å². The molecule has 0 aromatic heterocycles. The van der Waals surface area contributed by atoms with E-state index < -0.39 is 9.84 Å². The minimum absolute atomic E-state index is 0.0270. The highest BCUT2D eigenvalue weighted by Gasteiger charge is 2.25. The van der Waals surface area contributed by atoms with Crippen LogP contribution in [0.5, 0.6) is 0 Å². The van der Waals surface area contributed by atoms with Crippen LogP contribution < -0.4 is 10.6 Å². The Morgan fingerprint density at radius 1 is 1.39 bits per heavy atom. The molecule has 1 amide bonds. The maximum atomic E-state index is 11.9. The quantitative estimate of drug-likeness (QED) is 0.732. The number of rotatable bonds is 6. The van der Waals surface area contributed by atoms with Crippen LogP contribution in [-0.2, 0) is 14.6 Å². The van der Waals surface area contributed by atoms with Crippen molar-refractivity contribution in [2.75, 3.05) is 24.6 Å². The SMILES string of the molecule is CCC1CCNC(C(=O)NCCS(=O)(=O)CC)C1. The lowest BCUT2D eigenvalue weighted by atomic mass is 9.90. The Morgan fingerprint density at radius 2 is 2.11 bits per heavy atom. The summed E-state index contributed by atoms with van der Waals surface area (Å²) < 4.78 is 22.6. The number of amides is 1. The van der Waals surface area contributed by atoms with Gasteiger partial charge in [0.05, 0.1) is 11.8 Å². The van der Waals surface area contributed by atoms with E-state index in [4.69, 9.17) is 0 Å². The summed E-state index contributed by atoms with van der Waals surface area (Å²) in [5.41, 5.74) is 0. The molecule has 106 valence electrons. The molecule has 0 aliphatic carbocycles. The molecule has 0 bridgehead atoms. The molecule has 0 radical (unpaired) electrons. The fraction of sp³-hybridized carbons (Fsp3) is 0.917. The lowest BCUT2D eigenvalue weighted by Crippen LogP contribution is -2.49. The van der Waals surface area contributed by atoms with Crippen molar-refractivity contribution in [1.82, 2.24) is 10.6 Å². The zero-order valence-corrected chi connectivity index (χ0v) is 12.1. The molecule has 1 fully saturated rings. The molecule has 6 heteroatoms. The number of carbonyl (C=O) groups is 1. The highest BCUT2D eigenvalue weighted by molar-refractivity contribution is 7.91. The Bertz CT molecular complexity index is 368. The molecule has 18 heavy (non-hydrogen) atoms. The van der Waals surface area contributed by atoms with Gasteiger partial charge in [0.15, 0.2) is 9.84 Å². The van der Waals surface area contributed by atoms with E-state index in [-0.39, 0.29) is 30.0 Å². The third kappa shape index (κ3) is 4.94. The first-order valence-electron chi connectivity index (χ1n) is 6.70. The molecule has 0 saturated carbocycles. The van der Waals surface area contributed by atoms with Gasteiger partial charge in [0.2, 0.25) is 5.91 Å². The van der Waals surface area contributed by atoms with Crippen LogP contribution in [0, 0.1) is 5.92 Å². The summed E-state index contributed by atoms with van der Waals surface area (Å²) >= 11 is 0. The zero-order chi connectivity index (χ0) is 13.6. The molecule has 0 spiro atoms. The third-order valence-electron chi connectivity index (χ3n) is 3.56. The molecule has 0 aromatic carbocycles. The topological polar surface area (TPSA) is 75.3 Å². The predicted molar refractivity (Wildman–Crippen MR) is 72.1 cm³/mol. The first kappa shape index (κ1) is 15.4. The molecule has 2 unspecified atom stereocenters. The maximum Gasteiger partial charge on any atom is 0.237 e. The molecule has 2 atom stereocenters. The second kappa shape index (κ2) is 7.09. The van der Waals surface area contributed by atoms with Gasteiger partial charge in [0.1, 0.15) is 0 Å². The fourth-order valence-electron chi connectivity index (χ4n) is 2.16. The van der Waals surface area contributed by atoms with Crippen LogP contribution in [-0.4, -0.2) is 45.0 Å². The second-order valence-corrected chi connectivity index (χ2v) is 7.31. The summed E-state index contributed by atoms with van der Waals surface area (Å²) in [5, 5.41) is 5.89. The van der Waals surface area contributed by atoms with Crippen LogP contribution >= 0.6 is 0 Å². The van der Waals surface area contributed by atoms with Crippen molar-refractivity contribution in [3.63, 3.8) is 0 Å². The van der Waals surface area contributed by atoms with Gasteiger partial charge in [0.25, 0.3) is 0 Å². The van der Waals surface area contributed by atoms with Gasteiger partial charge in [-0.1, -0.05) is 20.3 Å². The highest BCUT2D eigenvalue weighted by atomic mass is 32.2. The summed E-state index contributed by atoms with van der Waals surface area (Å²) in [4.78, 5) is 11.9. The molecular formula is C12H24N2O3S. The zero-order valence-electron chi connectivity index (χ0n) is 11.2. The van der Waals surface area contributed by atoms with E-state index in [1.807, 2.05) is 0 Å². The van der Waals surface area contributed by atoms with Gasteiger partial charge in [0, 0.05) is 12.3 Å². The van der Waals surface area contributed by atoms with Crippen molar-refractivity contribution in [3.8, 4) is 0 Å². The van der Waals surface area contributed by atoms with Gasteiger partial charge < -0.3 is 10.6 Å². The Hall–Kier alpha value is -0.620. The standard InChI is InChI=1S/C12H24N2O3S/c1-3-10-5-6-13-11(9-10)12(15)14-7-8-18(16,17)4-2/h10-11,13H,3-9H2,1-2H3,(H,14,15). The van der Waals surface area contributed by atoms with E-state index >= 15 is 0 Å². The van der Waals surface area contributed by atoms with Gasteiger partial charge in [-0.05, 0) is 25.3 Å². The summed E-state index contributed by atoms with van der Waals surface area (Å²) in [6.07, 6.45) is 3.06. The smallest absolute Gasteiger partial charge is 0.237 e. The largest absolute Gasteiger partial charge is 0.354 e. The Balaban J connectivity index is 2.32. The Morgan fingerprint density at radius 3 is 2.72 bits per heavy atom. The molecule has 5 nitrogen and oxygen atoms in total. The second-order valence-electron chi connectivity index (χ2n) is 4.83. The monoisotopic (exact) mass is 276 g/mol. The van der Waals surface area contributed by atoms with E-state index in [2.05, 4.69) is 17.6 Å². The fourth-order valence-corrected chi connectivity index (χ4v) is 2.87. The lowest BCUT2D eigenvalue weighted by molar-refractivity contribution is -0.123. The summed E-state index contributed by atoms with van der Waals surface area (Å²) in [6.45, 7) is 4.83. The van der Waals surface area contributed by atoms with Crippen molar-refractivity contribution in [2.45, 2.75) is 39.2 Å². The van der Waals surface area contributed by atoms with Crippen molar-refractivity contribution in [1.29, 1.82) is 0 Å². The average molecular weight is 276 g/mol. The number of sulfone groups is 1. The first-order valence-corrected chi connectivity index (χ1v) is 8.52. The van der Waals surface area contributed by atoms with Gasteiger partial charge >= 0.3 is 0 Å². The minimum Gasteiger partial charge on any atom is -0.354 e. The van der Waals surface area contributed by atoms with E-state index in [9.17, 15) is 13.2 Å². The van der Waals surface area contributed by atoms with Gasteiger partial charge in [-0.2, -0.15) is 0 Å². The average Bonchev–Trinajstić information content (AvgIpc) is 2.38. The van der Waals surface area contributed by atoms with Crippen LogP contribution in [0.25, 0.3) is 0 Å². The normalized spacial score (nSPS) is 24.8. The summed E-state index contributed by atoms with van der Waals surface area (Å²) in [5.74, 6) is 0.683. The third-order valence-corrected chi connectivity index (χ3v) is 5.26. The molecule has 1 aliphatic heterocycles. The van der Waals surface area contributed by atoms with Gasteiger partial charge in [-0.15, -0.1) is 0 Å². The minimum atomic E-state index is -3.00. The molecule has 1 rings (SSSR count). The van der Waals surface area contributed by atoms with E-state index in [1.165, 1.54) is 0 Å². The van der Waals surface area contributed by atoms with Crippen molar-refractivity contribution >= 4 is 15.7 Å². The Labute approximate surface area is 110 Å². The molecule has 2 N–H and O–H groups in total. The number of piperidine rings is 1. The van der Waals surface area contributed by atoms with Crippen molar-refractivity contribution in [3.05, 3.63) is 0 Å². The molecular weight excluding hydrogens is 252 g/mol. The number of hydrogen-bond donors (Lipinski definition) is 2. The van der Waals surface area contributed by atoms with E-state index in [0.29, 0.717) is 5.92 Å². The van der Waals surface area contributed by atoms with Crippen LogP contribution in [0.2, 0.25) is 0 Å². The van der Waals surface area contributed by atoms with Crippen LogP contribution in [0.15, 0.2) is 0 Å². The van der Waals surface area contributed by atoms with Gasteiger partial charge in [-0.25, -0.2) is 8.42 Å². The highest BCUT2D eigenvalue weighted by Crippen LogP contribution is 2.19. The number of hydrogen-bond acceptors (Lipinski definition) is 4. The molecule has 1 aliphatic rings. The van der Waals surface area contributed by atoms with Crippen LogP contribution in [0.3, 0.4) is 0 Å². The number of nitrogens with one attached hydrogen (secondary N) is 2. The predicted octanol–water partition coefficient (Wildman–Crippen LogP) is 0.316. The van der Waals surface area contributed by atoms with Crippen LogP contribution in [0.1, 0.15) is 33.1 Å². The van der Waals surface area contributed by atoms with E-state index in [1.54, 1.807) is 6.92 Å². The summed E-state index contributed by atoms with van der Waals surface area (Å²) in [6, 6.07) is -0.159.